The fourth-order valence-corrected chi connectivity index (χ4v) is 0.806. The van der Waals surface area contributed by atoms with Gasteiger partial charge in [-0.1, -0.05) is 12.1 Å². The minimum Gasteiger partial charge on any atom is -0.399 e. The van der Waals surface area contributed by atoms with E-state index in [1.54, 1.807) is 0 Å². The highest BCUT2D eigenvalue weighted by molar-refractivity contribution is 5.78. The molecule has 0 aliphatic carbocycles. The molecule has 0 atom stereocenters. The number of alkyl halides is 2. The van der Waals surface area contributed by atoms with Crippen molar-refractivity contribution in [1.29, 1.82) is 0 Å². The number of nitrogen functional groups attached to an aromatic ring is 1. The van der Waals surface area contributed by atoms with Gasteiger partial charge in [0.15, 0.2) is 0 Å². The number of carbonyl (C=O) groups is 1. The quantitative estimate of drug-likeness (QED) is 0.570. The fourth-order valence-electron chi connectivity index (χ4n) is 0.806. The van der Waals surface area contributed by atoms with Gasteiger partial charge in [0.2, 0.25) is 0 Å². The summed E-state index contributed by atoms with van der Waals surface area (Å²) in [6.45, 7) is 0. The maximum absolute atomic E-state index is 12.6. The first kappa shape index (κ1) is 9.57. The molecule has 0 fully saturated rings. The first-order valence-corrected chi connectivity index (χ1v) is 3.38. The second kappa shape index (κ2) is 3.08. The lowest BCUT2D eigenvalue weighted by Gasteiger charge is -2.09. The van der Waals surface area contributed by atoms with Crippen molar-refractivity contribution in [2.24, 2.45) is 0 Å². The molecule has 1 aromatic carbocycles. The van der Waals surface area contributed by atoms with Gasteiger partial charge in [0.1, 0.15) is 0 Å². The van der Waals surface area contributed by atoms with E-state index in [0.717, 1.165) is 12.1 Å². The summed E-state index contributed by atoms with van der Waals surface area (Å²) in [5.41, 5.74) is 4.79. The third-order valence-corrected chi connectivity index (χ3v) is 1.52. The second-order valence-corrected chi connectivity index (χ2v) is 2.47. The molecule has 0 aliphatic heterocycles. The van der Waals surface area contributed by atoms with E-state index in [4.69, 9.17) is 5.73 Å². The topological polar surface area (TPSA) is 43.1 Å². The summed E-state index contributed by atoms with van der Waals surface area (Å²) in [6, 6.07) is 1.50. The predicted molar refractivity (Wildman–Crippen MR) is 40.9 cm³/mol. The lowest BCUT2D eigenvalue weighted by Crippen LogP contribution is -2.21. The van der Waals surface area contributed by atoms with Gasteiger partial charge in [0, 0.05) is 11.3 Å². The minimum absolute atomic E-state index is 0.269. The number of hydrogen-bond acceptors (Lipinski definition) is 2. The molecule has 0 spiro atoms. The third kappa shape index (κ3) is 1.80. The van der Waals surface area contributed by atoms with Gasteiger partial charge < -0.3 is 5.73 Å². The Kier molecular flexibility index (Phi) is 2.27. The van der Waals surface area contributed by atoms with Crippen molar-refractivity contribution < 1.29 is 18.0 Å². The van der Waals surface area contributed by atoms with Crippen molar-refractivity contribution in [1.82, 2.24) is 0 Å². The first-order valence-electron chi connectivity index (χ1n) is 3.38. The van der Waals surface area contributed by atoms with Gasteiger partial charge in [-0.15, -0.1) is 0 Å². The van der Waals surface area contributed by atoms with Crippen molar-refractivity contribution in [3.8, 4) is 0 Å². The fraction of sp³-hybridized carbons (Fsp3) is 0.125. The Labute approximate surface area is 72.2 Å². The molecular weight excluding hydrogens is 183 g/mol. The van der Waals surface area contributed by atoms with Crippen molar-refractivity contribution in [3.05, 3.63) is 29.8 Å². The molecule has 2 nitrogen and oxygen atoms in total. The minimum atomic E-state index is -4.08. The van der Waals surface area contributed by atoms with Crippen LogP contribution in [0.1, 0.15) is 5.56 Å². The summed E-state index contributed by atoms with van der Waals surface area (Å²) in [5.74, 6) is -4.08. The summed E-state index contributed by atoms with van der Waals surface area (Å²) in [5, 5.41) is 0. The largest absolute Gasteiger partial charge is 0.399 e. The van der Waals surface area contributed by atoms with Crippen LogP contribution >= 0.6 is 0 Å². The van der Waals surface area contributed by atoms with Crippen LogP contribution in [-0.4, -0.2) is 6.04 Å². The molecule has 0 aliphatic rings. The van der Waals surface area contributed by atoms with E-state index in [9.17, 15) is 18.0 Å². The van der Waals surface area contributed by atoms with Crippen LogP contribution in [0.5, 0.6) is 0 Å². The lowest BCUT2D eigenvalue weighted by molar-refractivity contribution is -0.157. The van der Waals surface area contributed by atoms with Gasteiger partial charge in [0.25, 0.3) is 0 Å². The van der Waals surface area contributed by atoms with Gasteiger partial charge in [-0.2, -0.15) is 13.2 Å². The van der Waals surface area contributed by atoms with Crippen LogP contribution in [0.2, 0.25) is 0 Å². The summed E-state index contributed by atoms with van der Waals surface area (Å²) in [6.07, 6.45) is 0. The Balaban J connectivity index is 3.08. The van der Waals surface area contributed by atoms with Crippen molar-refractivity contribution in [2.45, 2.75) is 5.92 Å². The van der Waals surface area contributed by atoms with Gasteiger partial charge in [0.05, 0.1) is 0 Å². The number of rotatable bonds is 2. The Morgan fingerprint density at radius 2 is 1.69 bits per heavy atom. The maximum Gasteiger partial charge on any atom is 0.375 e. The monoisotopic (exact) mass is 189 g/mol. The summed E-state index contributed by atoms with van der Waals surface area (Å²) in [4.78, 5) is 9.90. The highest BCUT2D eigenvalue weighted by Gasteiger charge is 2.41. The Bertz CT molecular complexity index is 321. The predicted octanol–water partition coefficient (Wildman–Crippen LogP) is 1.86. The average molecular weight is 189 g/mol. The van der Waals surface area contributed by atoms with Gasteiger partial charge in [-0.3, -0.25) is 4.79 Å². The number of nitrogens with two attached hydrogens (primary N) is 1. The van der Waals surface area contributed by atoms with Gasteiger partial charge in [-0.25, -0.2) is 0 Å². The standard InChI is InChI=1S/C8H6F3NO/c9-7(13)8(10,11)5-1-3-6(12)4-2-5/h1-4H,12H2. The van der Waals surface area contributed by atoms with E-state index < -0.39 is 17.5 Å². The van der Waals surface area contributed by atoms with E-state index in [2.05, 4.69) is 0 Å². The molecule has 0 unspecified atom stereocenters. The molecule has 1 aromatic rings. The van der Waals surface area contributed by atoms with Gasteiger partial charge >= 0.3 is 12.0 Å². The summed E-state index contributed by atoms with van der Waals surface area (Å²) >= 11 is 0. The van der Waals surface area contributed by atoms with Crippen molar-refractivity contribution >= 4 is 11.7 Å². The zero-order valence-electron chi connectivity index (χ0n) is 6.43. The molecule has 0 heterocycles. The SMILES string of the molecule is Nc1ccc(C(F)(F)C(=O)F)cc1. The van der Waals surface area contributed by atoms with E-state index >= 15 is 0 Å². The molecule has 5 heteroatoms. The van der Waals surface area contributed by atoms with E-state index in [-0.39, 0.29) is 5.69 Å². The van der Waals surface area contributed by atoms with Crippen LogP contribution in [0.3, 0.4) is 0 Å². The molecule has 0 radical (unpaired) electrons. The number of halogens is 3. The zero-order valence-corrected chi connectivity index (χ0v) is 6.43. The average Bonchev–Trinajstić information content (AvgIpc) is 2.04. The molecule has 0 bridgehead atoms. The van der Waals surface area contributed by atoms with Crippen LogP contribution < -0.4 is 5.73 Å². The molecule has 0 saturated heterocycles. The molecule has 1 rings (SSSR count). The first-order chi connectivity index (χ1) is 5.94. The molecular formula is C8H6F3NO. The second-order valence-electron chi connectivity index (χ2n) is 2.47. The molecule has 0 aromatic heterocycles. The highest BCUT2D eigenvalue weighted by atomic mass is 19.3. The van der Waals surface area contributed by atoms with Crippen LogP contribution in [0.4, 0.5) is 18.9 Å². The maximum atomic E-state index is 12.6. The van der Waals surface area contributed by atoms with Crippen LogP contribution in [0.15, 0.2) is 24.3 Å². The molecule has 70 valence electrons. The number of hydrogen-bond donors (Lipinski definition) is 1. The van der Waals surface area contributed by atoms with E-state index in [1.165, 1.54) is 12.1 Å². The summed E-state index contributed by atoms with van der Waals surface area (Å²) < 4.78 is 37.1. The number of anilines is 1. The van der Waals surface area contributed by atoms with E-state index in [0.29, 0.717) is 0 Å². The summed E-state index contributed by atoms with van der Waals surface area (Å²) in [7, 11) is 0. The third-order valence-electron chi connectivity index (χ3n) is 1.52. The van der Waals surface area contributed by atoms with E-state index in [1.807, 2.05) is 0 Å². The Morgan fingerprint density at radius 1 is 1.23 bits per heavy atom. The smallest absolute Gasteiger partial charge is 0.375 e. The molecule has 0 saturated carbocycles. The Hall–Kier alpha value is -1.52. The zero-order chi connectivity index (χ0) is 10.1. The number of carbonyl (C=O) groups excluding carboxylic acids is 1. The van der Waals surface area contributed by atoms with Crippen molar-refractivity contribution in [2.75, 3.05) is 5.73 Å². The van der Waals surface area contributed by atoms with Gasteiger partial charge in [-0.05, 0) is 12.1 Å². The molecule has 2 N–H and O–H groups in total. The molecule has 13 heavy (non-hydrogen) atoms. The van der Waals surface area contributed by atoms with Crippen LogP contribution in [0, 0.1) is 0 Å². The van der Waals surface area contributed by atoms with Crippen molar-refractivity contribution in [3.63, 3.8) is 0 Å². The normalized spacial score (nSPS) is 11.3. The lowest BCUT2D eigenvalue weighted by atomic mass is 10.1. The Morgan fingerprint density at radius 3 is 2.08 bits per heavy atom. The van der Waals surface area contributed by atoms with Crippen LogP contribution in [0.25, 0.3) is 0 Å². The number of benzene rings is 1. The molecule has 0 amide bonds. The highest BCUT2D eigenvalue weighted by Crippen LogP contribution is 2.29. The van der Waals surface area contributed by atoms with Crippen LogP contribution in [-0.2, 0) is 10.7 Å².